The van der Waals surface area contributed by atoms with Gasteiger partial charge in [-0.05, 0) is 24.9 Å². The lowest BCUT2D eigenvalue weighted by Gasteiger charge is -2.31. The van der Waals surface area contributed by atoms with Gasteiger partial charge in [0.15, 0.2) is 0 Å². The topological polar surface area (TPSA) is 24.1 Å². The predicted molar refractivity (Wildman–Crippen MR) is 71.5 cm³/mol. The van der Waals surface area contributed by atoms with Crippen LogP contribution < -0.4 is 10.6 Å². The lowest BCUT2D eigenvalue weighted by molar-refractivity contribution is 0.136. The number of piperidine rings is 1. The SMILES string of the molecule is Cl.FC(F)CNC1CCNC(c2ccccc2)C1. The Morgan fingerprint density at radius 3 is 2.67 bits per heavy atom. The maximum Gasteiger partial charge on any atom is 0.250 e. The van der Waals surface area contributed by atoms with Crippen LogP contribution in [0.1, 0.15) is 24.4 Å². The molecule has 5 heteroatoms. The van der Waals surface area contributed by atoms with E-state index in [2.05, 4.69) is 22.8 Å². The average molecular weight is 277 g/mol. The fourth-order valence-electron chi connectivity index (χ4n) is 2.30. The van der Waals surface area contributed by atoms with Crippen LogP contribution in [0.5, 0.6) is 0 Å². The van der Waals surface area contributed by atoms with Crippen molar-refractivity contribution in [1.82, 2.24) is 10.6 Å². The Morgan fingerprint density at radius 2 is 2.00 bits per heavy atom. The standard InChI is InChI=1S/C13H18F2N2.ClH/c14-13(15)9-17-11-6-7-16-12(8-11)10-4-2-1-3-5-10;/h1-5,11-13,16-17H,6-9H2;1H. The second-order valence-corrected chi connectivity index (χ2v) is 4.44. The molecule has 1 aliphatic rings. The zero-order chi connectivity index (χ0) is 12.1. The maximum atomic E-state index is 12.1. The number of hydrogen-bond donors (Lipinski definition) is 2. The molecule has 2 N–H and O–H groups in total. The molecule has 0 amide bonds. The highest BCUT2D eigenvalue weighted by atomic mass is 35.5. The first-order valence-corrected chi connectivity index (χ1v) is 6.05. The van der Waals surface area contributed by atoms with Crippen LogP contribution in [0.15, 0.2) is 30.3 Å². The van der Waals surface area contributed by atoms with Crippen molar-refractivity contribution in [3.05, 3.63) is 35.9 Å². The van der Waals surface area contributed by atoms with Gasteiger partial charge in [-0.15, -0.1) is 12.4 Å². The van der Waals surface area contributed by atoms with Gasteiger partial charge in [0.2, 0.25) is 0 Å². The molecule has 0 spiro atoms. The Bertz CT molecular complexity index is 335. The Hall–Kier alpha value is -0.710. The van der Waals surface area contributed by atoms with Crippen LogP contribution in [0.3, 0.4) is 0 Å². The summed E-state index contributed by atoms with van der Waals surface area (Å²) in [6.45, 7) is 0.673. The maximum absolute atomic E-state index is 12.1. The van der Waals surface area contributed by atoms with E-state index in [1.54, 1.807) is 0 Å². The molecule has 2 atom stereocenters. The third-order valence-corrected chi connectivity index (χ3v) is 3.17. The molecule has 0 bridgehead atoms. The molecule has 2 unspecified atom stereocenters. The fraction of sp³-hybridized carbons (Fsp3) is 0.538. The van der Waals surface area contributed by atoms with Crippen molar-refractivity contribution < 1.29 is 8.78 Å². The minimum absolute atomic E-state index is 0. The minimum atomic E-state index is -2.26. The van der Waals surface area contributed by atoms with Crippen molar-refractivity contribution >= 4 is 12.4 Å². The highest BCUT2D eigenvalue weighted by molar-refractivity contribution is 5.85. The number of nitrogens with one attached hydrogen (secondary N) is 2. The summed E-state index contributed by atoms with van der Waals surface area (Å²) in [5.41, 5.74) is 1.23. The van der Waals surface area contributed by atoms with Crippen molar-refractivity contribution in [1.29, 1.82) is 0 Å². The lowest BCUT2D eigenvalue weighted by Crippen LogP contribution is -2.43. The van der Waals surface area contributed by atoms with Crippen LogP contribution in [0.2, 0.25) is 0 Å². The van der Waals surface area contributed by atoms with Crippen LogP contribution >= 0.6 is 12.4 Å². The number of hydrogen-bond acceptors (Lipinski definition) is 2. The van der Waals surface area contributed by atoms with E-state index in [1.807, 2.05) is 18.2 Å². The smallest absolute Gasteiger partial charge is 0.250 e. The van der Waals surface area contributed by atoms with E-state index in [0.717, 1.165) is 19.4 Å². The molecule has 18 heavy (non-hydrogen) atoms. The van der Waals surface area contributed by atoms with Gasteiger partial charge in [0.25, 0.3) is 6.43 Å². The summed E-state index contributed by atoms with van der Waals surface area (Å²) in [6.07, 6.45) is -0.479. The van der Waals surface area contributed by atoms with Crippen LogP contribution in [-0.4, -0.2) is 25.6 Å². The molecule has 0 aromatic heterocycles. The van der Waals surface area contributed by atoms with Crippen LogP contribution in [-0.2, 0) is 0 Å². The monoisotopic (exact) mass is 276 g/mol. The van der Waals surface area contributed by atoms with Crippen molar-refractivity contribution in [3.63, 3.8) is 0 Å². The summed E-state index contributed by atoms with van der Waals surface area (Å²) >= 11 is 0. The van der Waals surface area contributed by atoms with Crippen molar-refractivity contribution in [2.45, 2.75) is 31.4 Å². The van der Waals surface area contributed by atoms with E-state index in [1.165, 1.54) is 5.56 Å². The van der Waals surface area contributed by atoms with Crippen LogP contribution in [0.4, 0.5) is 8.78 Å². The van der Waals surface area contributed by atoms with Gasteiger partial charge >= 0.3 is 0 Å². The predicted octanol–water partition coefficient (Wildman–Crippen LogP) is 2.76. The van der Waals surface area contributed by atoms with E-state index in [4.69, 9.17) is 0 Å². The lowest BCUT2D eigenvalue weighted by atomic mass is 9.94. The zero-order valence-electron chi connectivity index (χ0n) is 10.1. The largest absolute Gasteiger partial charge is 0.310 e. The van der Waals surface area contributed by atoms with Crippen molar-refractivity contribution in [3.8, 4) is 0 Å². The quantitative estimate of drug-likeness (QED) is 0.884. The molecule has 2 nitrogen and oxygen atoms in total. The normalized spacial score (nSPS) is 23.7. The van der Waals surface area contributed by atoms with Gasteiger partial charge < -0.3 is 10.6 Å². The molecule has 1 heterocycles. The van der Waals surface area contributed by atoms with Crippen LogP contribution in [0.25, 0.3) is 0 Å². The number of benzene rings is 1. The first-order chi connectivity index (χ1) is 8.25. The Labute approximate surface area is 113 Å². The van der Waals surface area contributed by atoms with Crippen molar-refractivity contribution in [2.24, 2.45) is 0 Å². The number of alkyl halides is 2. The Balaban J connectivity index is 0.00000162. The van der Waals surface area contributed by atoms with Gasteiger partial charge in [0.05, 0.1) is 6.54 Å². The summed E-state index contributed by atoms with van der Waals surface area (Å²) in [6, 6.07) is 10.6. The van der Waals surface area contributed by atoms with E-state index in [-0.39, 0.29) is 31.0 Å². The first-order valence-electron chi connectivity index (χ1n) is 6.05. The molecule has 1 fully saturated rings. The van der Waals surface area contributed by atoms with E-state index < -0.39 is 6.43 Å². The summed E-state index contributed by atoms with van der Waals surface area (Å²) in [5.74, 6) is 0. The van der Waals surface area contributed by atoms with E-state index in [0.29, 0.717) is 0 Å². The second kappa shape index (κ2) is 7.67. The molecule has 1 saturated heterocycles. The first kappa shape index (κ1) is 15.3. The van der Waals surface area contributed by atoms with E-state index in [9.17, 15) is 8.78 Å². The molecule has 1 aromatic rings. The van der Waals surface area contributed by atoms with Gasteiger partial charge in [-0.25, -0.2) is 8.78 Å². The van der Waals surface area contributed by atoms with Gasteiger partial charge in [-0.2, -0.15) is 0 Å². The summed E-state index contributed by atoms with van der Waals surface area (Å²) in [4.78, 5) is 0. The van der Waals surface area contributed by atoms with E-state index >= 15 is 0 Å². The molecule has 102 valence electrons. The summed E-state index contributed by atoms with van der Waals surface area (Å²) in [5, 5.41) is 6.36. The molecule has 0 radical (unpaired) electrons. The molecular formula is C13H19ClF2N2. The molecule has 1 aromatic carbocycles. The second-order valence-electron chi connectivity index (χ2n) is 4.44. The summed E-state index contributed by atoms with van der Waals surface area (Å²) in [7, 11) is 0. The van der Waals surface area contributed by atoms with Gasteiger partial charge in [0.1, 0.15) is 0 Å². The summed E-state index contributed by atoms with van der Waals surface area (Å²) < 4.78 is 24.3. The highest BCUT2D eigenvalue weighted by Crippen LogP contribution is 2.22. The molecular weight excluding hydrogens is 258 g/mol. The van der Waals surface area contributed by atoms with Gasteiger partial charge in [-0.3, -0.25) is 0 Å². The third kappa shape index (κ3) is 4.52. The number of halogens is 3. The Morgan fingerprint density at radius 1 is 1.28 bits per heavy atom. The van der Waals surface area contributed by atoms with Gasteiger partial charge in [-0.1, -0.05) is 30.3 Å². The molecule has 0 saturated carbocycles. The molecule has 1 aliphatic heterocycles. The van der Waals surface area contributed by atoms with Crippen molar-refractivity contribution in [2.75, 3.05) is 13.1 Å². The van der Waals surface area contributed by atoms with Crippen LogP contribution in [0, 0.1) is 0 Å². The third-order valence-electron chi connectivity index (χ3n) is 3.17. The minimum Gasteiger partial charge on any atom is -0.310 e. The Kier molecular flexibility index (Phi) is 6.54. The molecule has 2 rings (SSSR count). The highest BCUT2D eigenvalue weighted by Gasteiger charge is 2.22. The number of rotatable bonds is 4. The average Bonchev–Trinajstić information content (AvgIpc) is 2.38. The van der Waals surface area contributed by atoms with Gasteiger partial charge in [0, 0.05) is 12.1 Å². The molecule has 0 aliphatic carbocycles. The fourth-order valence-corrected chi connectivity index (χ4v) is 2.30. The zero-order valence-corrected chi connectivity index (χ0v) is 10.9.